The summed E-state index contributed by atoms with van der Waals surface area (Å²) in [5, 5.41) is 3.02. The van der Waals surface area contributed by atoms with Gasteiger partial charge in [-0.2, -0.15) is 0 Å². The zero-order valence-corrected chi connectivity index (χ0v) is 46.7. The Morgan fingerprint density at radius 2 is 0.868 bits per heavy atom. The number of amides is 1. The zero-order chi connectivity index (χ0) is 50.1. The number of likely N-dealkylation sites (N-methyl/N-ethyl adjacent to an activating group) is 1. The van der Waals surface area contributed by atoms with Crippen LogP contribution in [0.15, 0.2) is 24.3 Å². The summed E-state index contributed by atoms with van der Waals surface area (Å²) < 4.78 is 30.2. The van der Waals surface area contributed by atoms with Crippen molar-refractivity contribution >= 4 is 19.7 Å². The molecule has 10 heteroatoms. The van der Waals surface area contributed by atoms with Crippen LogP contribution in [0.2, 0.25) is 0 Å². The number of nitrogens with zero attached hydrogens (tertiary/aromatic N) is 1. The van der Waals surface area contributed by atoms with E-state index in [4.69, 9.17) is 13.8 Å². The minimum atomic E-state index is -4.69. The quantitative estimate of drug-likeness (QED) is 0.0212. The summed E-state index contributed by atoms with van der Waals surface area (Å²) in [6.45, 7) is 6.82. The molecule has 0 aliphatic heterocycles. The van der Waals surface area contributed by atoms with Gasteiger partial charge in [-0.05, 0) is 51.0 Å². The van der Waals surface area contributed by atoms with Crippen LogP contribution < -0.4 is 10.2 Å². The van der Waals surface area contributed by atoms with E-state index in [2.05, 4.69) is 38.2 Å². The molecular weight excluding hydrogens is 868 g/mol. The zero-order valence-electron chi connectivity index (χ0n) is 45.8. The van der Waals surface area contributed by atoms with E-state index in [1.54, 1.807) is 0 Å². The third kappa shape index (κ3) is 49.5. The van der Waals surface area contributed by atoms with Gasteiger partial charge in [0, 0.05) is 12.8 Å². The van der Waals surface area contributed by atoms with Crippen molar-refractivity contribution in [2.45, 2.75) is 296 Å². The lowest BCUT2D eigenvalue weighted by atomic mass is 10.0. The normalized spacial score (nSPS) is 13.9. The van der Waals surface area contributed by atoms with Crippen LogP contribution in [0, 0.1) is 0 Å². The number of hydrogen-bond donors (Lipinski definition) is 1. The summed E-state index contributed by atoms with van der Waals surface area (Å²) in [4.78, 5) is 39.8. The molecule has 0 aromatic heterocycles. The SMILES string of the molecule is CCCC/C=C\CCCCCCCC(=O)OC(/C=C/CCCCCCCCCCCC)C(COP(=O)([O-])OCC[N+](C)(C)C)NC(=O)CCCCCCCCCCCCCCCCCCCCC. The molecule has 0 aromatic carbocycles. The van der Waals surface area contributed by atoms with Gasteiger partial charge in [-0.25, -0.2) is 0 Å². The molecule has 0 spiro atoms. The van der Waals surface area contributed by atoms with E-state index in [0.717, 1.165) is 83.5 Å². The molecule has 68 heavy (non-hydrogen) atoms. The van der Waals surface area contributed by atoms with Crippen LogP contribution in [-0.4, -0.2) is 69.4 Å². The number of esters is 1. The van der Waals surface area contributed by atoms with Crippen molar-refractivity contribution in [1.82, 2.24) is 5.32 Å². The van der Waals surface area contributed by atoms with Gasteiger partial charge in [-0.1, -0.05) is 244 Å². The number of quaternary nitrogens is 1. The Morgan fingerprint density at radius 3 is 1.29 bits per heavy atom. The number of carbonyl (C=O) groups excluding carboxylic acids is 2. The van der Waals surface area contributed by atoms with Crippen LogP contribution in [0.4, 0.5) is 0 Å². The molecule has 0 heterocycles. The van der Waals surface area contributed by atoms with Gasteiger partial charge in [0.1, 0.15) is 19.3 Å². The smallest absolute Gasteiger partial charge is 0.306 e. The number of carbonyl (C=O) groups is 2. The lowest BCUT2D eigenvalue weighted by Crippen LogP contribution is -2.47. The van der Waals surface area contributed by atoms with Gasteiger partial charge < -0.3 is 28.5 Å². The fraction of sp³-hybridized carbons (Fsp3) is 0.897. The topological polar surface area (TPSA) is 114 Å². The lowest BCUT2D eigenvalue weighted by molar-refractivity contribution is -0.870. The molecule has 0 saturated heterocycles. The highest BCUT2D eigenvalue weighted by atomic mass is 31.2. The monoisotopic (exact) mass is 981 g/mol. The maximum absolute atomic E-state index is 13.5. The molecule has 0 aliphatic carbocycles. The highest BCUT2D eigenvalue weighted by Gasteiger charge is 2.27. The maximum Gasteiger partial charge on any atom is 0.306 e. The molecule has 1 N–H and O–H groups in total. The highest BCUT2D eigenvalue weighted by molar-refractivity contribution is 7.45. The maximum atomic E-state index is 13.5. The average molecular weight is 982 g/mol. The largest absolute Gasteiger partial charge is 0.756 e. The first kappa shape index (κ1) is 66.5. The minimum absolute atomic E-state index is 0.0203. The Balaban J connectivity index is 5.23. The summed E-state index contributed by atoms with van der Waals surface area (Å²) in [7, 11) is 1.19. The molecular formula is C58H113N2O7P. The molecule has 9 nitrogen and oxygen atoms in total. The van der Waals surface area contributed by atoms with Crippen LogP contribution in [0.3, 0.4) is 0 Å². The Labute approximate surface area is 422 Å². The van der Waals surface area contributed by atoms with Gasteiger partial charge in [-0.15, -0.1) is 0 Å². The van der Waals surface area contributed by atoms with E-state index in [0.29, 0.717) is 17.4 Å². The van der Waals surface area contributed by atoms with Gasteiger partial charge in [0.25, 0.3) is 7.82 Å². The number of unbranched alkanes of at least 4 members (excludes halogenated alkanes) is 35. The van der Waals surface area contributed by atoms with Gasteiger partial charge in [-0.3, -0.25) is 14.2 Å². The van der Waals surface area contributed by atoms with E-state index in [1.165, 1.54) is 167 Å². The van der Waals surface area contributed by atoms with E-state index in [-0.39, 0.29) is 31.5 Å². The summed E-state index contributed by atoms with van der Waals surface area (Å²) in [6.07, 6.45) is 55.7. The molecule has 0 radical (unpaired) electrons. The first-order chi connectivity index (χ1) is 32.9. The Bertz CT molecular complexity index is 1220. The van der Waals surface area contributed by atoms with Crippen LogP contribution in [0.1, 0.15) is 284 Å². The second kappa shape index (κ2) is 49.1. The molecule has 0 aliphatic rings. The standard InChI is InChI=1S/C58H113N2O7P/c1-7-10-13-16-19-22-25-27-28-29-30-31-32-33-36-38-41-44-47-50-57(61)59-55(54-66-68(63,64)65-53-52-60(4,5)6)56(49-46-43-40-37-35-26-23-20-17-14-11-8-2)67-58(62)51-48-45-42-39-34-24-21-18-15-12-9-3/h18,21,46,49,55-56H,7-17,19-20,22-45,47-48,50-54H2,1-6H3,(H-,59,61,63,64)/b21-18-,49-46+. The first-order valence-electron chi connectivity index (χ1n) is 29.1. The molecule has 1 amide bonds. The van der Waals surface area contributed by atoms with Crippen molar-refractivity contribution < 1.29 is 37.3 Å². The van der Waals surface area contributed by atoms with Gasteiger partial charge in [0.2, 0.25) is 5.91 Å². The second-order valence-corrected chi connectivity index (χ2v) is 22.6. The van der Waals surface area contributed by atoms with Crippen LogP contribution in [0.25, 0.3) is 0 Å². The molecule has 0 bridgehead atoms. The fourth-order valence-electron chi connectivity index (χ4n) is 8.56. The third-order valence-electron chi connectivity index (χ3n) is 13.1. The molecule has 402 valence electrons. The van der Waals surface area contributed by atoms with Crippen LogP contribution in [-0.2, 0) is 27.9 Å². The minimum Gasteiger partial charge on any atom is -0.756 e. The molecule has 0 rings (SSSR count). The van der Waals surface area contributed by atoms with E-state index < -0.39 is 20.0 Å². The lowest BCUT2D eigenvalue weighted by Gasteiger charge is -2.30. The van der Waals surface area contributed by atoms with E-state index in [1.807, 2.05) is 33.3 Å². The second-order valence-electron chi connectivity index (χ2n) is 21.2. The van der Waals surface area contributed by atoms with Crippen molar-refractivity contribution in [2.75, 3.05) is 40.9 Å². The molecule has 0 fully saturated rings. The number of phosphoric acid groups is 1. The summed E-state index contributed by atoms with van der Waals surface area (Å²) in [5.74, 6) is -0.540. The predicted molar refractivity (Wildman–Crippen MR) is 289 cm³/mol. The first-order valence-corrected chi connectivity index (χ1v) is 30.6. The molecule has 3 unspecified atom stereocenters. The number of allylic oxidation sites excluding steroid dienone is 3. The van der Waals surface area contributed by atoms with Crippen molar-refractivity contribution in [3.8, 4) is 0 Å². The van der Waals surface area contributed by atoms with Crippen molar-refractivity contribution in [1.29, 1.82) is 0 Å². The number of hydrogen-bond acceptors (Lipinski definition) is 7. The van der Waals surface area contributed by atoms with E-state index >= 15 is 0 Å². The number of rotatable bonds is 53. The van der Waals surface area contributed by atoms with Gasteiger partial charge in [0.05, 0.1) is 33.8 Å². The molecule has 0 aromatic rings. The fourth-order valence-corrected chi connectivity index (χ4v) is 9.29. The summed E-state index contributed by atoms with van der Waals surface area (Å²) >= 11 is 0. The third-order valence-corrected chi connectivity index (χ3v) is 14.1. The summed E-state index contributed by atoms with van der Waals surface area (Å²) in [6, 6.07) is -0.884. The van der Waals surface area contributed by atoms with Crippen molar-refractivity contribution in [3.05, 3.63) is 24.3 Å². The number of ether oxygens (including phenoxy) is 1. The highest BCUT2D eigenvalue weighted by Crippen LogP contribution is 2.38. The Morgan fingerprint density at radius 1 is 0.500 bits per heavy atom. The van der Waals surface area contributed by atoms with Gasteiger partial charge >= 0.3 is 5.97 Å². The van der Waals surface area contributed by atoms with Crippen LogP contribution in [0.5, 0.6) is 0 Å². The van der Waals surface area contributed by atoms with E-state index in [9.17, 15) is 19.0 Å². The predicted octanol–water partition coefficient (Wildman–Crippen LogP) is 16.8. The Hall–Kier alpha value is -1.51. The van der Waals surface area contributed by atoms with Crippen molar-refractivity contribution in [3.63, 3.8) is 0 Å². The van der Waals surface area contributed by atoms with Gasteiger partial charge in [0.15, 0.2) is 0 Å². The molecule has 0 saturated carbocycles. The number of nitrogens with one attached hydrogen (secondary N) is 1. The molecule has 3 atom stereocenters. The Kier molecular flexibility index (Phi) is 48.0. The summed E-state index contributed by atoms with van der Waals surface area (Å²) in [5.41, 5.74) is 0. The average Bonchev–Trinajstić information content (AvgIpc) is 3.29. The van der Waals surface area contributed by atoms with Crippen LogP contribution >= 0.6 is 7.82 Å². The van der Waals surface area contributed by atoms with Crippen molar-refractivity contribution in [2.24, 2.45) is 0 Å². The number of phosphoric ester groups is 1.